The number of morpholine rings is 1. The van der Waals surface area contributed by atoms with E-state index in [4.69, 9.17) is 25.8 Å². The number of nitrogens with one attached hydrogen (secondary N) is 1. The van der Waals surface area contributed by atoms with Crippen LogP contribution in [-0.4, -0.2) is 99.4 Å². The second-order valence-electron chi connectivity index (χ2n) is 8.90. The standard InChI is InChI=1S/C26H33ClN4O5/c1-34-23-8-7-19(15-24(23)35-2)25(32)30-10-4-9-29(11-12-30)17-22-18-31(13-14-36-22)26(33)28-21-6-3-5-20(27)16-21/h3,5-8,15-16,22H,4,9-14,17-18H2,1-2H3,(H,28,33). The molecule has 9 nitrogen and oxygen atoms in total. The number of methoxy groups -OCH3 is 2. The van der Waals surface area contributed by atoms with Gasteiger partial charge in [-0.25, -0.2) is 4.79 Å². The molecule has 1 unspecified atom stereocenters. The van der Waals surface area contributed by atoms with Gasteiger partial charge in [0.2, 0.25) is 0 Å². The minimum absolute atomic E-state index is 0.0180. The number of nitrogens with zero attached hydrogens (tertiary/aromatic N) is 3. The Balaban J connectivity index is 1.29. The van der Waals surface area contributed by atoms with E-state index in [2.05, 4.69) is 10.2 Å². The highest BCUT2D eigenvalue weighted by molar-refractivity contribution is 6.30. The first-order valence-corrected chi connectivity index (χ1v) is 12.5. The molecule has 2 heterocycles. The van der Waals surface area contributed by atoms with Crippen LogP contribution in [0.2, 0.25) is 5.02 Å². The van der Waals surface area contributed by atoms with Crippen molar-refractivity contribution >= 4 is 29.2 Å². The van der Waals surface area contributed by atoms with Gasteiger partial charge in [0.1, 0.15) is 0 Å². The summed E-state index contributed by atoms with van der Waals surface area (Å²) >= 11 is 6.02. The van der Waals surface area contributed by atoms with Crippen molar-refractivity contribution in [2.45, 2.75) is 12.5 Å². The molecule has 2 aliphatic heterocycles. The van der Waals surface area contributed by atoms with Crippen molar-refractivity contribution in [3.63, 3.8) is 0 Å². The summed E-state index contributed by atoms with van der Waals surface area (Å²) in [7, 11) is 3.13. The molecule has 2 aromatic rings. The average molecular weight is 517 g/mol. The normalized spacial score (nSPS) is 18.9. The van der Waals surface area contributed by atoms with Gasteiger partial charge in [-0.05, 0) is 49.4 Å². The molecule has 4 rings (SSSR count). The fourth-order valence-corrected chi connectivity index (χ4v) is 4.77. The van der Waals surface area contributed by atoms with Crippen LogP contribution in [0.1, 0.15) is 16.8 Å². The van der Waals surface area contributed by atoms with Crippen LogP contribution < -0.4 is 14.8 Å². The summed E-state index contributed by atoms with van der Waals surface area (Å²) in [6, 6.07) is 12.2. The van der Waals surface area contributed by atoms with Gasteiger partial charge in [0, 0.05) is 55.5 Å². The minimum atomic E-state index is -0.159. The minimum Gasteiger partial charge on any atom is -0.493 e. The van der Waals surface area contributed by atoms with Crippen LogP contribution in [-0.2, 0) is 4.74 Å². The number of carbonyl (C=O) groups is 2. The number of hydrogen-bond donors (Lipinski definition) is 1. The van der Waals surface area contributed by atoms with E-state index in [1.54, 1.807) is 55.5 Å². The third-order valence-corrected chi connectivity index (χ3v) is 6.71. The van der Waals surface area contributed by atoms with E-state index in [0.717, 1.165) is 19.5 Å². The van der Waals surface area contributed by atoms with Gasteiger partial charge in [-0.3, -0.25) is 9.69 Å². The van der Waals surface area contributed by atoms with Gasteiger partial charge in [-0.15, -0.1) is 0 Å². The molecule has 0 bridgehead atoms. The monoisotopic (exact) mass is 516 g/mol. The van der Waals surface area contributed by atoms with Crippen LogP contribution in [0.5, 0.6) is 11.5 Å². The van der Waals surface area contributed by atoms with E-state index in [1.165, 1.54) is 0 Å². The fourth-order valence-electron chi connectivity index (χ4n) is 4.58. The molecule has 0 spiro atoms. The summed E-state index contributed by atoms with van der Waals surface area (Å²) < 4.78 is 16.6. The maximum Gasteiger partial charge on any atom is 0.322 e. The Kier molecular flexibility index (Phi) is 8.90. The summed E-state index contributed by atoms with van der Waals surface area (Å²) in [5.41, 5.74) is 1.25. The zero-order valence-corrected chi connectivity index (χ0v) is 21.5. The first-order valence-electron chi connectivity index (χ1n) is 12.1. The zero-order valence-electron chi connectivity index (χ0n) is 20.7. The van der Waals surface area contributed by atoms with Gasteiger partial charge in [0.15, 0.2) is 11.5 Å². The molecule has 2 aliphatic rings. The van der Waals surface area contributed by atoms with Crippen molar-refractivity contribution in [3.8, 4) is 11.5 Å². The third-order valence-electron chi connectivity index (χ3n) is 6.47. The molecule has 0 aliphatic carbocycles. The molecule has 36 heavy (non-hydrogen) atoms. The van der Waals surface area contributed by atoms with Gasteiger partial charge >= 0.3 is 6.03 Å². The van der Waals surface area contributed by atoms with Crippen molar-refractivity contribution in [3.05, 3.63) is 53.1 Å². The smallest absolute Gasteiger partial charge is 0.322 e. The van der Waals surface area contributed by atoms with Crippen LogP contribution in [0.15, 0.2) is 42.5 Å². The Labute approximate surface area is 216 Å². The second-order valence-corrected chi connectivity index (χ2v) is 9.33. The van der Waals surface area contributed by atoms with E-state index in [9.17, 15) is 9.59 Å². The number of urea groups is 1. The van der Waals surface area contributed by atoms with E-state index in [1.807, 2.05) is 11.0 Å². The summed E-state index contributed by atoms with van der Waals surface area (Å²) in [4.78, 5) is 31.9. The van der Waals surface area contributed by atoms with Crippen molar-refractivity contribution in [2.75, 3.05) is 72.0 Å². The Morgan fingerprint density at radius 2 is 1.83 bits per heavy atom. The molecule has 3 amide bonds. The van der Waals surface area contributed by atoms with Crippen LogP contribution >= 0.6 is 11.6 Å². The highest BCUT2D eigenvalue weighted by Crippen LogP contribution is 2.28. The van der Waals surface area contributed by atoms with E-state index in [-0.39, 0.29) is 18.0 Å². The Morgan fingerprint density at radius 1 is 1.00 bits per heavy atom. The maximum atomic E-state index is 13.1. The van der Waals surface area contributed by atoms with Gasteiger partial charge in [0.25, 0.3) is 5.91 Å². The van der Waals surface area contributed by atoms with E-state index >= 15 is 0 Å². The van der Waals surface area contributed by atoms with Crippen molar-refractivity contribution < 1.29 is 23.8 Å². The average Bonchev–Trinajstić information content (AvgIpc) is 3.13. The lowest BCUT2D eigenvalue weighted by Gasteiger charge is -2.35. The second kappa shape index (κ2) is 12.3. The SMILES string of the molecule is COc1ccc(C(=O)N2CCCN(CC3CN(C(=O)Nc4cccc(Cl)c4)CCO3)CC2)cc1OC. The zero-order chi connectivity index (χ0) is 25.5. The number of amides is 3. The number of halogens is 1. The molecule has 2 saturated heterocycles. The highest BCUT2D eigenvalue weighted by atomic mass is 35.5. The summed E-state index contributed by atoms with van der Waals surface area (Å²) in [5, 5.41) is 3.48. The largest absolute Gasteiger partial charge is 0.493 e. The lowest BCUT2D eigenvalue weighted by molar-refractivity contribution is -0.0283. The molecule has 10 heteroatoms. The summed E-state index contributed by atoms with van der Waals surface area (Å²) in [6.45, 7) is 5.17. The quantitative estimate of drug-likeness (QED) is 0.633. The molecule has 2 aromatic carbocycles. The predicted molar refractivity (Wildman–Crippen MR) is 138 cm³/mol. The van der Waals surface area contributed by atoms with E-state index < -0.39 is 0 Å². The predicted octanol–water partition coefficient (Wildman–Crippen LogP) is 3.44. The Morgan fingerprint density at radius 3 is 2.61 bits per heavy atom. The molecular weight excluding hydrogens is 484 g/mol. The van der Waals surface area contributed by atoms with E-state index in [0.29, 0.717) is 67.1 Å². The molecule has 1 N–H and O–H groups in total. The van der Waals surface area contributed by atoms with Crippen LogP contribution in [0.3, 0.4) is 0 Å². The fraction of sp³-hybridized carbons (Fsp3) is 0.462. The summed E-state index contributed by atoms with van der Waals surface area (Å²) in [6.07, 6.45) is 0.780. The van der Waals surface area contributed by atoms with Gasteiger partial charge in [0.05, 0.1) is 26.9 Å². The molecule has 2 fully saturated rings. The molecule has 0 radical (unpaired) electrons. The van der Waals surface area contributed by atoms with Crippen molar-refractivity contribution in [2.24, 2.45) is 0 Å². The number of rotatable bonds is 6. The van der Waals surface area contributed by atoms with Gasteiger partial charge in [-0.2, -0.15) is 0 Å². The molecule has 194 valence electrons. The van der Waals surface area contributed by atoms with Crippen molar-refractivity contribution in [1.29, 1.82) is 0 Å². The number of hydrogen-bond acceptors (Lipinski definition) is 6. The van der Waals surface area contributed by atoms with Crippen LogP contribution in [0.4, 0.5) is 10.5 Å². The number of anilines is 1. The number of ether oxygens (including phenoxy) is 3. The first-order chi connectivity index (χ1) is 17.5. The molecule has 0 saturated carbocycles. The number of benzene rings is 2. The van der Waals surface area contributed by atoms with Crippen LogP contribution in [0, 0.1) is 0 Å². The first kappa shape index (κ1) is 26.1. The van der Waals surface area contributed by atoms with Crippen LogP contribution in [0.25, 0.3) is 0 Å². The molecule has 1 atom stereocenters. The topological polar surface area (TPSA) is 83.6 Å². The highest BCUT2D eigenvalue weighted by Gasteiger charge is 2.28. The maximum absolute atomic E-state index is 13.1. The number of carbonyl (C=O) groups excluding carboxylic acids is 2. The molecule has 0 aromatic heterocycles. The lowest BCUT2D eigenvalue weighted by atomic mass is 10.1. The molecular formula is C26H33ClN4O5. The third kappa shape index (κ3) is 6.60. The Hall–Kier alpha value is -3.01. The Bertz CT molecular complexity index is 1070. The van der Waals surface area contributed by atoms with Crippen molar-refractivity contribution in [1.82, 2.24) is 14.7 Å². The lowest BCUT2D eigenvalue weighted by Crippen LogP contribution is -2.51. The summed E-state index contributed by atoms with van der Waals surface area (Å²) in [5.74, 6) is 1.12. The van der Waals surface area contributed by atoms with Gasteiger partial charge in [-0.1, -0.05) is 17.7 Å². The van der Waals surface area contributed by atoms with Gasteiger partial charge < -0.3 is 29.3 Å².